The van der Waals surface area contributed by atoms with Crippen LogP contribution in [0.1, 0.15) is 33.4 Å². The second-order valence-electron chi connectivity index (χ2n) is 13.3. The lowest BCUT2D eigenvalue weighted by molar-refractivity contribution is 0.248. The van der Waals surface area contributed by atoms with Gasteiger partial charge in [-0.1, -0.05) is 55.6 Å². The number of benzene rings is 4. The molecule has 44 heavy (non-hydrogen) atoms. The predicted molar refractivity (Wildman–Crippen MR) is 185 cm³/mol. The van der Waals surface area contributed by atoms with E-state index in [0.29, 0.717) is 11.4 Å². The number of rotatable bonds is 5. The highest BCUT2D eigenvalue weighted by molar-refractivity contribution is 7.79. The Morgan fingerprint density at radius 1 is 0.886 bits per heavy atom. The van der Waals surface area contributed by atoms with Gasteiger partial charge in [-0.2, -0.15) is 0 Å². The maximum atomic E-state index is 11.9. The molecule has 0 bridgehead atoms. The van der Waals surface area contributed by atoms with Crippen LogP contribution in [0.3, 0.4) is 0 Å². The highest BCUT2D eigenvalue weighted by atomic mass is 32.2. The van der Waals surface area contributed by atoms with Crippen molar-refractivity contribution in [3.63, 3.8) is 0 Å². The fourth-order valence-electron chi connectivity index (χ4n) is 7.76. The molecule has 1 N–H and O–H groups in total. The fraction of sp³-hybridized carbons (Fsp3) is 0.324. The average molecular weight is 621 g/mol. The highest BCUT2D eigenvalue weighted by Gasteiger charge is 2.37. The molecule has 5 nitrogen and oxygen atoms in total. The summed E-state index contributed by atoms with van der Waals surface area (Å²) in [5.74, 6) is 0. The molecule has 7 rings (SSSR count). The average Bonchev–Trinajstić information content (AvgIpc) is 3.38. The summed E-state index contributed by atoms with van der Waals surface area (Å²) in [5.41, 5.74) is 10.6. The van der Waals surface area contributed by atoms with E-state index in [4.69, 9.17) is 0 Å². The van der Waals surface area contributed by atoms with Crippen LogP contribution in [0.4, 0.5) is 5.69 Å². The molecule has 0 aliphatic carbocycles. The Kier molecular flexibility index (Phi) is 7.48. The smallest absolute Gasteiger partial charge is 0.203 e. The van der Waals surface area contributed by atoms with Crippen molar-refractivity contribution >= 4 is 40.8 Å². The number of nitrogens with zero attached hydrogens (tertiary/aromatic N) is 3. The number of piperazine rings is 1. The van der Waals surface area contributed by atoms with Gasteiger partial charge in [-0.25, -0.2) is 8.78 Å². The molecule has 0 aromatic heterocycles. The van der Waals surface area contributed by atoms with Crippen molar-refractivity contribution in [3.8, 4) is 0 Å². The SMILES string of the molecule is Cc1cccc(C)c1C1=c2cc3c(cc2[Si](C)(C)c2cc(N4CCN(Cc5ccccc5S(=O)O)CC4)ccc21)=[N+](C)CC3. The van der Waals surface area contributed by atoms with E-state index in [1.54, 1.807) is 11.3 Å². The molecule has 0 saturated carbocycles. The van der Waals surface area contributed by atoms with Crippen LogP contribution in [0, 0.1) is 13.8 Å². The molecule has 1 atom stereocenters. The van der Waals surface area contributed by atoms with E-state index in [2.05, 4.69) is 96.9 Å². The first kappa shape index (κ1) is 29.4. The Hall–Kier alpha value is -3.36. The number of hydrogen-bond donors (Lipinski definition) is 1. The zero-order valence-corrected chi connectivity index (χ0v) is 28.3. The van der Waals surface area contributed by atoms with Gasteiger partial charge in [-0.05, 0) is 87.1 Å². The summed E-state index contributed by atoms with van der Waals surface area (Å²) in [4.78, 5) is 5.45. The van der Waals surface area contributed by atoms with Crippen molar-refractivity contribution in [1.29, 1.82) is 0 Å². The third kappa shape index (κ3) is 4.90. The molecule has 7 heteroatoms. The number of aryl methyl sites for hydroxylation is 2. The van der Waals surface area contributed by atoms with E-state index < -0.39 is 19.2 Å². The van der Waals surface area contributed by atoms with Gasteiger partial charge in [0.15, 0.2) is 11.1 Å². The van der Waals surface area contributed by atoms with E-state index >= 15 is 0 Å². The Morgan fingerprint density at radius 2 is 1.61 bits per heavy atom. The van der Waals surface area contributed by atoms with Crippen LogP contribution in [0.5, 0.6) is 0 Å². The van der Waals surface area contributed by atoms with Crippen molar-refractivity contribution in [2.45, 2.75) is 44.8 Å². The molecule has 3 aliphatic heterocycles. The highest BCUT2D eigenvalue weighted by Crippen LogP contribution is 2.31. The monoisotopic (exact) mass is 620 g/mol. The first-order chi connectivity index (χ1) is 21.1. The summed E-state index contributed by atoms with van der Waals surface area (Å²) >= 11 is -1.97. The van der Waals surface area contributed by atoms with E-state index in [9.17, 15) is 8.76 Å². The van der Waals surface area contributed by atoms with Crippen molar-refractivity contribution in [2.24, 2.45) is 0 Å². The van der Waals surface area contributed by atoms with Gasteiger partial charge in [-0.15, -0.1) is 0 Å². The summed E-state index contributed by atoms with van der Waals surface area (Å²) in [5, 5.41) is 5.94. The van der Waals surface area contributed by atoms with E-state index in [0.717, 1.165) is 44.7 Å². The second kappa shape index (κ2) is 11.2. The van der Waals surface area contributed by atoms with Gasteiger partial charge < -0.3 is 9.45 Å². The molecule has 1 saturated heterocycles. The van der Waals surface area contributed by atoms with Gasteiger partial charge >= 0.3 is 0 Å². The largest absolute Gasteiger partial charge is 0.369 e. The molecule has 0 radical (unpaired) electrons. The summed E-state index contributed by atoms with van der Waals surface area (Å²) in [6, 6.07) is 26.6. The van der Waals surface area contributed by atoms with E-state index in [-0.39, 0.29) is 0 Å². The van der Waals surface area contributed by atoms with Crippen LogP contribution < -0.4 is 30.4 Å². The molecular weight excluding hydrogens is 579 g/mol. The molecular formula is C37H42N3O2SSi+. The van der Waals surface area contributed by atoms with Crippen molar-refractivity contribution in [2.75, 3.05) is 44.7 Å². The number of fused-ring (bicyclic) bond motifs is 3. The van der Waals surface area contributed by atoms with Gasteiger partial charge in [0.25, 0.3) is 0 Å². The zero-order chi connectivity index (χ0) is 30.7. The minimum atomic E-state index is -2.03. The molecule has 0 amide bonds. The second-order valence-corrected chi connectivity index (χ2v) is 18.6. The topological polar surface area (TPSA) is 46.8 Å². The fourth-order valence-corrected chi connectivity index (χ4v) is 11.4. The first-order valence-electron chi connectivity index (χ1n) is 15.8. The van der Waals surface area contributed by atoms with E-state index in [1.807, 2.05) is 18.2 Å². The van der Waals surface area contributed by atoms with Crippen molar-refractivity contribution in [1.82, 2.24) is 9.48 Å². The van der Waals surface area contributed by atoms with Crippen molar-refractivity contribution < 1.29 is 8.76 Å². The lowest BCUT2D eigenvalue weighted by Gasteiger charge is -2.38. The summed E-state index contributed by atoms with van der Waals surface area (Å²) in [7, 11) is 0.208. The lowest BCUT2D eigenvalue weighted by Crippen LogP contribution is -2.64. The minimum absolute atomic E-state index is 0.518. The zero-order valence-electron chi connectivity index (χ0n) is 26.5. The van der Waals surface area contributed by atoms with Gasteiger partial charge in [-0.3, -0.25) is 4.90 Å². The minimum Gasteiger partial charge on any atom is -0.369 e. The summed E-state index contributed by atoms with van der Waals surface area (Å²) < 4.78 is 24.0. The maximum Gasteiger partial charge on any atom is 0.203 e. The Balaban J connectivity index is 1.28. The van der Waals surface area contributed by atoms with Crippen LogP contribution in [0.25, 0.3) is 5.57 Å². The van der Waals surface area contributed by atoms with E-state index in [1.165, 1.54) is 54.8 Å². The molecule has 4 aromatic rings. The Bertz CT molecular complexity index is 1940. The predicted octanol–water partition coefficient (Wildman–Crippen LogP) is 3.27. The number of likely N-dealkylation sites (N-methyl/N-ethyl adjacent to an activating group) is 1. The Labute approximate surface area is 264 Å². The van der Waals surface area contributed by atoms with Gasteiger partial charge in [0.1, 0.15) is 21.7 Å². The third-order valence-electron chi connectivity index (χ3n) is 10.3. The maximum absolute atomic E-state index is 11.9. The third-order valence-corrected chi connectivity index (χ3v) is 14.6. The summed E-state index contributed by atoms with van der Waals surface area (Å²) in [6.07, 6.45) is 1.11. The first-order valence-corrected chi connectivity index (χ1v) is 19.9. The van der Waals surface area contributed by atoms with Crippen LogP contribution in [0.2, 0.25) is 13.1 Å². The molecule has 3 heterocycles. The standard InChI is InChI=1S/C37H41N3O2SSi/c1-25-9-8-10-26(2)36(25)37-30-14-13-29(40-19-17-39(18-20-40)24-28-11-6-7-12-33(28)43(41)42)22-34(30)44(4,5)35-23-32-27(21-31(35)37)15-16-38(32)3/h6-14,21-23H,15-20,24H2,1-5H3/p+1. The van der Waals surface area contributed by atoms with Crippen LogP contribution in [-0.4, -0.2) is 61.5 Å². The molecule has 0 spiro atoms. The number of anilines is 1. The molecule has 3 aliphatic rings. The molecule has 1 unspecified atom stereocenters. The van der Waals surface area contributed by atoms with Crippen LogP contribution >= 0.6 is 0 Å². The van der Waals surface area contributed by atoms with Crippen LogP contribution in [-0.2, 0) is 24.0 Å². The molecule has 4 aromatic carbocycles. The molecule has 226 valence electrons. The van der Waals surface area contributed by atoms with Crippen LogP contribution in [0.15, 0.2) is 77.7 Å². The number of hydrogen-bond acceptors (Lipinski definition) is 3. The van der Waals surface area contributed by atoms with Gasteiger partial charge in [0, 0.05) is 56.5 Å². The normalized spacial score (nSPS) is 18.2. The van der Waals surface area contributed by atoms with Gasteiger partial charge in [0.2, 0.25) is 5.36 Å². The quantitative estimate of drug-likeness (QED) is 0.212. The summed E-state index contributed by atoms with van der Waals surface area (Å²) in [6.45, 7) is 15.1. The molecule has 1 fully saturated rings. The van der Waals surface area contributed by atoms with Gasteiger partial charge in [0.05, 0.1) is 4.90 Å². The Morgan fingerprint density at radius 3 is 2.34 bits per heavy atom. The van der Waals surface area contributed by atoms with Crippen molar-refractivity contribution in [3.05, 3.63) is 117 Å². The lowest BCUT2D eigenvalue weighted by atomic mass is 9.88.